The summed E-state index contributed by atoms with van der Waals surface area (Å²) in [6.45, 7) is 2.22. The van der Waals surface area contributed by atoms with Gasteiger partial charge in [0.05, 0.1) is 5.75 Å². The van der Waals surface area contributed by atoms with Gasteiger partial charge in [0.2, 0.25) is 10.0 Å². The molecule has 0 aromatic carbocycles. The van der Waals surface area contributed by atoms with E-state index in [2.05, 4.69) is 4.72 Å². The van der Waals surface area contributed by atoms with Crippen LogP contribution in [0.4, 0.5) is 4.79 Å². The third-order valence-corrected chi connectivity index (χ3v) is 5.00. The van der Waals surface area contributed by atoms with Crippen molar-refractivity contribution in [1.82, 2.24) is 9.62 Å². The largest absolute Gasteiger partial charge is 0.465 e. The van der Waals surface area contributed by atoms with Gasteiger partial charge in [-0.25, -0.2) is 17.9 Å². The van der Waals surface area contributed by atoms with Gasteiger partial charge in [-0.2, -0.15) is 0 Å². The SMILES string of the molecule is CC1CC2(CCN1C(=O)O)CCS(=O)(=O)N2. The van der Waals surface area contributed by atoms with Crippen molar-refractivity contribution in [2.24, 2.45) is 0 Å². The molecule has 2 fully saturated rings. The van der Waals surface area contributed by atoms with E-state index in [0.717, 1.165) is 0 Å². The highest BCUT2D eigenvalue weighted by atomic mass is 32.2. The van der Waals surface area contributed by atoms with Crippen LogP contribution in [-0.2, 0) is 10.0 Å². The molecular formula is C9H16N2O4S. The predicted octanol–water partition coefficient (Wildman–Crippen LogP) is 0.211. The van der Waals surface area contributed by atoms with Gasteiger partial charge in [-0.1, -0.05) is 0 Å². The first-order valence-corrected chi connectivity index (χ1v) is 7.00. The Bertz CT molecular complexity index is 408. The summed E-state index contributed by atoms with van der Waals surface area (Å²) >= 11 is 0. The number of amides is 1. The molecule has 2 heterocycles. The van der Waals surface area contributed by atoms with Crippen molar-refractivity contribution in [2.75, 3.05) is 12.3 Å². The number of likely N-dealkylation sites (tertiary alicyclic amines) is 1. The highest BCUT2D eigenvalue weighted by Crippen LogP contribution is 2.34. The predicted molar refractivity (Wildman–Crippen MR) is 57.7 cm³/mol. The monoisotopic (exact) mass is 248 g/mol. The molecule has 2 N–H and O–H groups in total. The number of carbonyl (C=O) groups is 1. The van der Waals surface area contributed by atoms with E-state index in [-0.39, 0.29) is 11.8 Å². The lowest BCUT2D eigenvalue weighted by Gasteiger charge is -2.41. The van der Waals surface area contributed by atoms with Gasteiger partial charge in [-0.3, -0.25) is 0 Å². The molecule has 0 aromatic heterocycles. The molecule has 7 heteroatoms. The van der Waals surface area contributed by atoms with Gasteiger partial charge in [0.15, 0.2) is 0 Å². The van der Waals surface area contributed by atoms with Crippen LogP contribution in [0.5, 0.6) is 0 Å². The Kier molecular flexibility index (Phi) is 2.62. The number of nitrogens with zero attached hydrogens (tertiary/aromatic N) is 1. The van der Waals surface area contributed by atoms with Crippen molar-refractivity contribution >= 4 is 16.1 Å². The lowest BCUT2D eigenvalue weighted by Crippen LogP contribution is -2.55. The maximum absolute atomic E-state index is 11.4. The lowest BCUT2D eigenvalue weighted by molar-refractivity contribution is 0.0842. The van der Waals surface area contributed by atoms with Crippen molar-refractivity contribution in [2.45, 2.75) is 37.8 Å². The third kappa shape index (κ3) is 2.01. The Labute approximate surface area is 94.7 Å². The highest BCUT2D eigenvalue weighted by molar-refractivity contribution is 7.89. The molecule has 0 bridgehead atoms. The van der Waals surface area contributed by atoms with Crippen LogP contribution in [0.15, 0.2) is 0 Å². The zero-order chi connectivity index (χ0) is 12.0. The topological polar surface area (TPSA) is 86.7 Å². The average Bonchev–Trinajstić information content (AvgIpc) is 2.41. The first-order valence-electron chi connectivity index (χ1n) is 5.35. The molecule has 2 saturated heterocycles. The van der Waals surface area contributed by atoms with Gasteiger partial charge in [0.1, 0.15) is 0 Å². The van der Waals surface area contributed by atoms with Crippen LogP contribution in [0.2, 0.25) is 0 Å². The minimum absolute atomic E-state index is 0.132. The second-order valence-corrected chi connectivity index (χ2v) is 6.57. The van der Waals surface area contributed by atoms with E-state index in [0.29, 0.717) is 25.8 Å². The quantitative estimate of drug-likeness (QED) is 0.641. The standard InChI is InChI=1S/C9H16N2O4S/c1-7-6-9(2-4-11(7)8(12)13)3-5-16(14,15)10-9/h7,10H,2-6H2,1H3,(H,12,13). The molecule has 0 radical (unpaired) electrons. The first-order chi connectivity index (χ1) is 7.34. The zero-order valence-electron chi connectivity index (χ0n) is 9.14. The summed E-state index contributed by atoms with van der Waals surface area (Å²) in [6, 6.07) is -0.132. The molecule has 2 rings (SSSR count). The van der Waals surface area contributed by atoms with Crippen molar-refractivity contribution in [3.8, 4) is 0 Å². The summed E-state index contributed by atoms with van der Waals surface area (Å²) in [6.07, 6.45) is 0.803. The molecule has 0 saturated carbocycles. The highest BCUT2D eigenvalue weighted by Gasteiger charge is 2.46. The van der Waals surface area contributed by atoms with Crippen LogP contribution in [0.1, 0.15) is 26.2 Å². The Morgan fingerprint density at radius 3 is 2.62 bits per heavy atom. The van der Waals surface area contributed by atoms with Crippen molar-refractivity contribution < 1.29 is 18.3 Å². The van der Waals surface area contributed by atoms with E-state index in [4.69, 9.17) is 5.11 Å². The van der Waals surface area contributed by atoms with E-state index >= 15 is 0 Å². The van der Waals surface area contributed by atoms with Gasteiger partial charge in [0.25, 0.3) is 0 Å². The molecule has 92 valence electrons. The molecule has 16 heavy (non-hydrogen) atoms. The number of hydrogen-bond acceptors (Lipinski definition) is 3. The molecule has 1 spiro atoms. The van der Waals surface area contributed by atoms with Gasteiger partial charge >= 0.3 is 6.09 Å². The van der Waals surface area contributed by atoms with Crippen LogP contribution in [0.25, 0.3) is 0 Å². The minimum Gasteiger partial charge on any atom is -0.465 e. The summed E-state index contributed by atoms with van der Waals surface area (Å²) in [5, 5.41) is 8.93. The Hall–Kier alpha value is -0.820. The molecule has 0 aliphatic carbocycles. The molecule has 2 aliphatic rings. The molecule has 0 aromatic rings. The summed E-state index contributed by atoms with van der Waals surface area (Å²) in [5.74, 6) is 0.160. The summed E-state index contributed by atoms with van der Waals surface area (Å²) in [7, 11) is -3.13. The fraction of sp³-hybridized carbons (Fsp3) is 0.889. The maximum atomic E-state index is 11.4. The van der Waals surface area contributed by atoms with Crippen molar-refractivity contribution in [3.63, 3.8) is 0 Å². The molecule has 6 nitrogen and oxygen atoms in total. The number of nitrogens with one attached hydrogen (secondary N) is 1. The summed E-state index contributed by atoms with van der Waals surface area (Å²) in [5.41, 5.74) is -0.399. The molecule has 2 aliphatic heterocycles. The fourth-order valence-corrected chi connectivity index (χ4v) is 4.41. The second kappa shape index (κ2) is 3.59. The Morgan fingerprint density at radius 2 is 2.19 bits per heavy atom. The molecular weight excluding hydrogens is 232 g/mol. The summed E-state index contributed by atoms with van der Waals surface area (Å²) < 4.78 is 25.5. The van der Waals surface area contributed by atoms with E-state index in [9.17, 15) is 13.2 Å². The lowest BCUT2D eigenvalue weighted by atomic mass is 9.83. The van der Waals surface area contributed by atoms with Gasteiger partial charge in [-0.15, -0.1) is 0 Å². The molecule has 2 unspecified atom stereocenters. The van der Waals surface area contributed by atoms with E-state index in [1.807, 2.05) is 6.92 Å². The number of hydrogen-bond donors (Lipinski definition) is 2. The normalized spacial score (nSPS) is 37.8. The number of rotatable bonds is 0. The van der Waals surface area contributed by atoms with Crippen LogP contribution in [0, 0.1) is 0 Å². The average molecular weight is 248 g/mol. The number of sulfonamides is 1. The smallest absolute Gasteiger partial charge is 0.407 e. The zero-order valence-corrected chi connectivity index (χ0v) is 9.96. The van der Waals surface area contributed by atoms with E-state index in [1.165, 1.54) is 4.90 Å². The van der Waals surface area contributed by atoms with Crippen LogP contribution in [0.3, 0.4) is 0 Å². The van der Waals surface area contributed by atoms with Crippen molar-refractivity contribution in [3.05, 3.63) is 0 Å². The fourth-order valence-electron chi connectivity index (χ4n) is 2.70. The summed E-state index contributed by atoms with van der Waals surface area (Å²) in [4.78, 5) is 12.3. The maximum Gasteiger partial charge on any atom is 0.407 e. The molecule has 2 atom stereocenters. The Balaban J connectivity index is 2.11. The number of piperidine rings is 1. The number of carboxylic acid groups (broad SMARTS) is 1. The molecule has 1 amide bonds. The van der Waals surface area contributed by atoms with Crippen LogP contribution < -0.4 is 4.72 Å². The Morgan fingerprint density at radius 1 is 1.50 bits per heavy atom. The van der Waals surface area contributed by atoms with E-state index in [1.54, 1.807) is 0 Å². The van der Waals surface area contributed by atoms with E-state index < -0.39 is 21.7 Å². The van der Waals surface area contributed by atoms with Gasteiger partial charge in [0, 0.05) is 18.1 Å². The van der Waals surface area contributed by atoms with Crippen molar-refractivity contribution in [1.29, 1.82) is 0 Å². The minimum atomic E-state index is -3.13. The first kappa shape index (κ1) is 11.7. The third-order valence-electron chi connectivity index (χ3n) is 3.52. The second-order valence-electron chi connectivity index (χ2n) is 4.73. The van der Waals surface area contributed by atoms with Gasteiger partial charge in [-0.05, 0) is 26.2 Å². The van der Waals surface area contributed by atoms with Gasteiger partial charge < -0.3 is 10.0 Å². The van der Waals surface area contributed by atoms with Crippen LogP contribution in [-0.4, -0.2) is 48.4 Å². The van der Waals surface area contributed by atoms with Crippen LogP contribution >= 0.6 is 0 Å².